The first-order chi connectivity index (χ1) is 13.7. The largest absolute Gasteiger partial charge is 0.357 e. The first kappa shape index (κ1) is 23.2. The van der Waals surface area contributed by atoms with Gasteiger partial charge in [0.25, 0.3) is 0 Å². The van der Waals surface area contributed by atoms with Gasteiger partial charge in [-0.25, -0.2) is 0 Å². The molecule has 0 saturated heterocycles. The third-order valence-electron chi connectivity index (χ3n) is 5.02. The summed E-state index contributed by atoms with van der Waals surface area (Å²) < 4.78 is 0. The molecule has 6 heteroatoms. The number of benzene rings is 2. The number of carbonyl (C=O) groups is 2. The summed E-state index contributed by atoms with van der Waals surface area (Å²) in [6.45, 7) is 6.32. The van der Waals surface area contributed by atoms with E-state index in [1.807, 2.05) is 6.07 Å². The monoisotopic (exact) mass is 434 g/mol. The molecule has 0 aliphatic heterocycles. The minimum absolute atomic E-state index is 0.0832. The summed E-state index contributed by atoms with van der Waals surface area (Å²) >= 11 is 12.1. The van der Waals surface area contributed by atoms with Crippen molar-refractivity contribution in [3.8, 4) is 0 Å². The number of aryl methyl sites for hydroxylation is 1. The zero-order chi connectivity index (χ0) is 21.6. The van der Waals surface area contributed by atoms with Gasteiger partial charge in [0.05, 0.1) is 10.0 Å². The molecule has 0 saturated carbocycles. The molecular formula is C23H28Cl2N2O2. The van der Waals surface area contributed by atoms with Crippen LogP contribution in [-0.2, 0) is 22.6 Å². The fourth-order valence-corrected chi connectivity index (χ4v) is 3.41. The Morgan fingerprint density at radius 1 is 0.966 bits per heavy atom. The van der Waals surface area contributed by atoms with Crippen molar-refractivity contribution in [1.29, 1.82) is 0 Å². The third-order valence-corrected chi connectivity index (χ3v) is 5.76. The van der Waals surface area contributed by atoms with Crippen LogP contribution in [0.25, 0.3) is 0 Å². The van der Waals surface area contributed by atoms with Gasteiger partial charge in [0.1, 0.15) is 6.04 Å². The Balaban J connectivity index is 2.13. The Bertz CT molecular complexity index is 850. The average molecular weight is 435 g/mol. The van der Waals surface area contributed by atoms with E-state index in [2.05, 4.69) is 43.4 Å². The topological polar surface area (TPSA) is 49.4 Å². The molecule has 1 atom stereocenters. The molecule has 2 rings (SSSR count). The highest BCUT2D eigenvalue weighted by molar-refractivity contribution is 6.42. The summed E-state index contributed by atoms with van der Waals surface area (Å²) in [4.78, 5) is 26.8. The van der Waals surface area contributed by atoms with Crippen molar-refractivity contribution >= 4 is 35.0 Å². The Labute approximate surface area is 183 Å². The molecule has 0 fully saturated rings. The van der Waals surface area contributed by atoms with Crippen LogP contribution in [0.15, 0.2) is 42.5 Å². The van der Waals surface area contributed by atoms with Gasteiger partial charge in [0, 0.05) is 20.0 Å². The van der Waals surface area contributed by atoms with E-state index in [0.29, 0.717) is 28.8 Å². The van der Waals surface area contributed by atoms with E-state index in [0.717, 1.165) is 11.1 Å². The van der Waals surface area contributed by atoms with Crippen molar-refractivity contribution in [3.05, 3.63) is 69.2 Å². The summed E-state index contributed by atoms with van der Waals surface area (Å²) in [7, 11) is 1.57. The molecule has 0 radical (unpaired) electrons. The third kappa shape index (κ3) is 6.48. The number of hydrogen-bond acceptors (Lipinski definition) is 2. The molecule has 156 valence electrons. The Morgan fingerprint density at radius 2 is 1.59 bits per heavy atom. The standard InChI is InChI=1S/C23H28Cl2N2O2/c1-15(2)19-9-5-17(6-10-19)8-12-22(28)27(16(3)23(29)26-4)14-18-7-11-20(24)21(25)13-18/h5-7,9-11,13,15-16H,8,12,14H2,1-4H3,(H,26,29)/t16-/m0/s1. The molecule has 29 heavy (non-hydrogen) atoms. The lowest BCUT2D eigenvalue weighted by atomic mass is 10.00. The number of likely N-dealkylation sites (N-methyl/N-ethyl adjacent to an activating group) is 1. The highest BCUT2D eigenvalue weighted by Gasteiger charge is 2.25. The minimum Gasteiger partial charge on any atom is -0.357 e. The van der Waals surface area contributed by atoms with E-state index in [9.17, 15) is 9.59 Å². The number of hydrogen-bond donors (Lipinski definition) is 1. The van der Waals surface area contributed by atoms with Crippen molar-refractivity contribution in [2.45, 2.75) is 52.1 Å². The maximum Gasteiger partial charge on any atom is 0.242 e. The molecule has 2 aromatic carbocycles. The molecule has 2 amide bonds. The smallest absolute Gasteiger partial charge is 0.242 e. The second-order valence-electron chi connectivity index (χ2n) is 7.46. The maximum absolute atomic E-state index is 13.0. The fourth-order valence-electron chi connectivity index (χ4n) is 3.09. The van der Waals surface area contributed by atoms with E-state index in [-0.39, 0.29) is 18.4 Å². The highest BCUT2D eigenvalue weighted by Crippen LogP contribution is 2.24. The van der Waals surface area contributed by atoms with Crippen LogP contribution in [0.5, 0.6) is 0 Å². The molecule has 0 aliphatic rings. The van der Waals surface area contributed by atoms with Gasteiger partial charge in [0.2, 0.25) is 11.8 Å². The fraction of sp³-hybridized carbons (Fsp3) is 0.391. The van der Waals surface area contributed by atoms with E-state index in [1.165, 1.54) is 5.56 Å². The molecule has 0 aromatic heterocycles. The van der Waals surface area contributed by atoms with E-state index < -0.39 is 6.04 Å². The molecule has 0 bridgehead atoms. The Kier molecular flexibility index (Phi) is 8.54. The van der Waals surface area contributed by atoms with Gasteiger partial charge in [-0.3, -0.25) is 9.59 Å². The average Bonchev–Trinajstić information content (AvgIpc) is 2.71. The first-order valence-corrected chi connectivity index (χ1v) is 10.5. The molecule has 0 spiro atoms. The number of amides is 2. The predicted octanol–water partition coefficient (Wildman–Crippen LogP) is 5.21. The van der Waals surface area contributed by atoms with Crippen LogP contribution in [-0.4, -0.2) is 29.8 Å². The van der Waals surface area contributed by atoms with Gasteiger partial charge < -0.3 is 10.2 Å². The number of nitrogens with zero attached hydrogens (tertiary/aromatic N) is 1. The zero-order valence-electron chi connectivity index (χ0n) is 17.3. The maximum atomic E-state index is 13.0. The van der Waals surface area contributed by atoms with Crippen molar-refractivity contribution < 1.29 is 9.59 Å². The molecule has 0 unspecified atom stereocenters. The summed E-state index contributed by atoms with van der Waals surface area (Å²) in [5.74, 6) is 0.181. The van der Waals surface area contributed by atoms with Crippen LogP contribution < -0.4 is 5.32 Å². The van der Waals surface area contributed by atoms with Crippen LogP contribution in [0.1, 0.15) is 49.8 Å². The molecular weight excluding hydrogens is 407 g/mol. The van der Waals surface area contributed by atoms with E-state index in [1.54, 1.807) is 31.0 Å². The van der Waals surface area contributed by atoms with Gasteiger partial charge in [0.15, 0.2) is 0 Å². The van der Waals surface area contributed by atoms with Crippen molar-refractivity contribution in [2.75, 3.05) is 7.05 Å². The molecule has 0 aliphatic carbocycles. The number of nitrogens with one attached hydrogen (secondary N) is 1. The highest BCUT2D eigenvalue weighted by atomic mass is 35.5. The number of carbonyl (C=O) groups excluding carboxylic acids is 2. The van der Waals surface area contributed by atoms with Gasteiger partial charge in [-0.1, -0.05) is 67.4 Å². The number of halogens is 2. The van der Waals surface area contributed by atoms with E-state index in [4.69, 9.17) is 23.2 Å². The normalized spacial score (nSPS) is 12.0. The quantitative estimate of drug-likeness (QED) is 0.619. The van der Waals surface area contributed by atoms with Crippen molar-refractivity contribution in [3.63, 3.8) is 0 Å². The SMILES string of the molecule is CNC(=O)[C@H](C)N(Cc1ccc(Cl)c(Cl)c1)C(=O)CCc1ccc(C(C)C)cc1. The minimum atomic E-state index is -0.592. The van der Waals surface area contributed by atoms with Crippen LogP contribution in [0.3, 0.4) is 0 Å². The van der Waals surface area contributed by atoms with Crippen molar-refractivity contribution in [2.24, 2.45) is 0 Å². The Morgan fingerprint density at radius 3 is 2.14 bits per heavy atom. The lowest BCUT2D eigenvalue weighted by Crippen LogP contribution is -2.46. The number of rotatable bonds is 8. The van der Waals surface area contributed by atoms with Crippen LogP contribution in [0.2, 0.25) is 10.0 Å². The Hall–Kier alpha value is -2.04. The predicted molar refractivity (Wildman–Crippen MR) is 119 cm³/mol. The second kappa shape index (κ2) is 10.7. The van der Waals surface area contributed by atoms with Crippen LogP contribution in [0, 0.1) is 0 Å². The summed E-state index contributed by atoms with van der Waals surface area (Å²) in [5.41, 5.74) is 3.20. The summed E-state index contributed by atoms with van der Waals surface area (Å²) in [6.07, 6.45) is 0.944. The van der Waals surface area contributed by atoms with Gasteiger partial charge >= 0.3 is 0 Å². The molecule has 2 aromatic rings. The van der Waals surface area contributed by atoms with E-state index >= 15 is 0 Å². The lowest BCUT2D eigenvalue weighted by molar-refractivity contribution is -0.140. The molecule has 1 N–H and O–H groups in total. The summed E-state index contributed by atoms with van der Waals surface area (Å²) in [6, 6.07) is 13.0. The summed E-state index contributed by atoms with van der Waals surface area (Å²) in [5, 5.41) is 3.50. The van der Waals surface area contributed by atoms with Crippen LogP contribution >= 0.6 is 23.2 Å². The van der Waals surface area contributed by atoms with Gasteiger partial charge in [-0.15, -0.1) is 0 Å². The van der Waals surface area contributed by atoms with Gasteiger partial charge in [-0.2, -0.15) is 0 Å². The lowest BCUT2D eigenvalue weighted by Gasteiger charge is -2.28. The zero-order valence-corrected chi connectivity index (χ0v) is 18.8. The van der Waals surface area contributed by atoms with Crippen molar-refractivity contribution in [1.82, 2.24) is 10.2 Å². The van der Waals surface area contributed by atoms with Crippen LogP contribution in [0.4, 0.5) is 0 Å². The molecule has 0 heterocycles. The van der Waals surface area contributed by atoms with Gasteiger partial charge in [-0.05, 0) is 48.1 Å². The first-order valence-electron chi connectivity index (χ1n) is 9.76. The second-order valence-corrected chi connectivity index (χ2v) is 8.27. The molecule has 4 nitrogen and oxygen atoms in total.